The molecule has 0 spiro atoms. The summed E-state index contributed by atoms with van der Waals surface area (Å²) in [5, 5.41) is 3.70. The van der Waals surface area contributed by atoms with Crippen LogP contribution in [-0.2, 0) is 27.5 Å². The van der Waals surface area contributed by atoms with Gasteiger partial charge in [0.2, 0.25) is 5.91 Å². The number of carbonyl (C=O) groups excluding carboxylic acids is 1. The monoisotopic (exact) mass is 357 g/mol. The van der Waals surface area contributed by atoms with E-state index in [0.717, 1.165) is 29.2 Å². The van der Waals surface area contributed by atoms with E-state index in [9.17, 15) is 13.2 Å². The maximum absolute atomic E-state index is 12.3. The SMILES string of the molecule is CCc1ccc2c(CC(=O)Nc3ccc(S(C)(=O)=O)cc3)coc2c1. The van der Waals surface area contributed by atoms with Gasteiger partial charge in [0.05, 0.1) is 17.6 Å². The van der Waals surface area contributed by atoms with E-state index in [0.29, 0.717) is 5.69 Å². The van der Waals surface area contributed by atoms with Gasteiger partial charge in [-0.15, -0.1) is 0 Å². The number of rotatable bonds is 5. The van der Waals surface area contributed by atoms with Crippen molar-refractivity contribution in [2.24, 2.45) is 0 Å². The molecule has 3 aromatic rings. The van der Waals surface area contributed by atoms with Crippen molar-refractivity contribution >= 4 is 32.4 Å². The molecule has 1 N–H and O–H groups in total. The van der Waals surface area contributed by atoms with Crippen molar-refractivity contribution in [1.82, 2.24) is 0 Å². The number of carbonyl (C=O) groups is 1. The lowest BCUT2D eigenvalue weighted by Gasteiger charge is -2.05. The predicted molar refractivity (Wildman–Crippen MR) is 97.5 cm³/mol. The zero-order chi connectivity index (χ0) is 18.0. The first-order valence-electron chi connectivity index (χ1n) is 7.96. The molecule has 0 aliphatic carbocycles. The highest BCUT2D eigenvalue weighted by Crippen LogP contribution is 2.23. The number of furan rings is 1. The van der Waals surface area contributed by atoms with Crippen LogP contribution in [0, 0.1) is 0 Å². The Hall–Kier alpha value is -2.60. The second kappa shape index (κ2) is 6.72. The highest BCUT2D eigenvalue weighted by Gasteiger charge is 2.12. The van der Waals surface area contributed by atoms with Gasteiger partial charge >= 0.3 is 0 Å². The van der Waals surface area contributed by atoms with Gasteiger partial charge in [0, 0.05) is 22.9 Å². The van der Waals surface area contributed by atoms with Crippen molar-refractivity contribution in [1.29, 1.82) is 0 Å². The van der Waals surface area contributed by atoms with Crippen LogP contribution in [0.4, 0.5) is 5.69 Å². The van der Waals surface area contributed by atoms with Crippen molar-refractivity contribution in [2.75, 3.05) is 11.6 Å². The van der Waals surface area contributed by atoms with Crippen LogP contribution in [0.25, 0.3) is 11.0 Å². The van der Waals surface area contributed by atoms with Crippen molar-refractivity contribution in [3.05, 3.63) is 59.9 Å². The van der Waals surface area contributed by atoms with Crippen LogP contribution in [0.2, 0.25) is 0 Å². The molecule has 3 rings (SSSR count). The first-order valence-corrected chi connectivity index (χ1v) is 9.85. The quantitative estimate of drug-likeness (QED) is 0.757. The molecule has 0 aliphatic rings. The number of sulfone groups is 1. The van der Waals surface area contributed by atoms with Gasteiger partial charge in [0.15, 0.2) is 9.84 Å². The highest BCUT2D eigenvalue weighted by molar-refractivity contribution is 7.90. The number of benzene rings is 2. The van der Waals surface area contributed by atoms with Crippen LogP contribution in [0.5, 0.6) is 0 Å². The average molecular weight is 357 g/mol. The molecule has 25 heavy (non-hydrogen) atoms. The Balaban J connectivity index is 1.72. The van der Waals surface area contributed by atoms with Crippen LogP contribution >= 0.6 is 0 Å². The van der Waals surface area contributed by atoms with Crippen molar-refractivity contribution < 1.29 is 17.6 Å². The Bertz CT molecular complexity index is 1020. The molecule has 0 saturated heterocycles. The number of hydrogen-bond donors (Lipinski definition) is 1. The Morgan fingerprint density at radius 3 is 2.48 bits per heavy atom. The van der Waals surface area contributed by atoms with Gasteiger partial charge in [-0.1, -0.05) is 19.1 Å². The fraction of sp³-hybridized carbons (Fsp3) is 0.211. The maximum atomic E-state index is 12.3. The summed E-state index contributed by atoms with van der Waals surface area (Å²) in [5.41, 5.74) is 3.34. The third-order valence-corrected chi connectivity index (χ3v) is 5.17. The largest absolute Gasteiger partial charge is 0.464 e. The van der Waals surface area contributed by atoms with Gasteiger partial charge in [0.1, 0.15) is 5.58 Å². The molecule has 130 valence electrons. The number of aryl methyl sites for hydroxylation is 1. The van der Waals surface area contributed by atoms with Crippen molar-refractivity contribution in [3.8, 4) is 0 Å². The second-order valence-electron chi connectivity index (χ2n) is 5.97. The normalized spacial score (nSPS) is 11.6. The Labute approximate surface area is 146 Å². The van der Waals surface area contributed by atoms with Gasteiger partial charge < -0.3 is 9.73 Å². The lowest BCUT2D eigenvalue weighted by Crippen LogP contribution is -2.14. The maximum Gasteiger partial charge on any atom is 0.228 e. The van der Waals surface area contributed by atoms with E-state index in [4.69, 9.17) is 4.42 Å². The van der Waals surface area contributed by atoms with E-state index in [2.05, 4.69) is 12.2 Å². The standard InChI is InChI=1S/C19H19NO4S/c1-3-13-4-9-17-14(12-24-18(17)10-13)11-19(21)20-15-5-7-16(8-6-15)25(2,22)23/h4-10,12H,3,11H2,1-2H3,(H,20,21). The van der Waals surface area contributed by atoms with E-state index in [1.165, 1.54) is 17.7 Å². The molecule has 0 radical (unpaired) electrons. The average Bonchev–Trinajstić information content (AvgIpc) is 2.96. The van der Waals surface area contributed by atoms with Crippen molar-refractivity contribution in [3.63, 3.8) is 0 Å². The summed E-state index contributed by atoms with van der Waals surface area (Å²) in [4.78, 5) is 12.5. The zero-order valence-electron chi connectivity index (χ0n) is 14.1. The minimum Gasteiger partial charge on any atom is -0.464 e. The number of nitrogens with one attached hydrogen (secondary N) is 1. The van der Waals surface area contributed by atoms with Crippen LogP contribution in [-0.4, -0.2) is 20.6 Å². The van der Waals surface area contributed by atoms with E-state index >= 15 is 0 Å². The molecular weight excluding hydrogens is 338 g/mol. The summed E-state index contributed by atoms with van der Waals surface area (Å²) < 4.78 is 28.4. The predicted octanol–water partition coefficient (Wildman–Crippen LogP) is 3.58. The topological polar surface area (TPSA) is 76.4 Å². The highest BCUT2D eigenvalue weighted by atomic mass is 32.2. The lowest BCUT2D eigenvalue weighted by atomic mass is 10.1. The third-order valence-electron chi connectivity index (χ3n) is 4.05. The zero-order valence-corrected chi connectivity index (χ0v) is 14.9. The molecule has 0 unspecified atom stereocenters. The fourth-order valence-corrected chi connectivity index (χ4v) is 3.28. The van der Waals surface area contributed by atoms with Gasteiger partial charge in [-0.05, 0) is 42.3 Å². The molecule has 1 aromatic heterocycles. The van der Waals surface area contributed by atoms with Gasteiger partial charge in [-0.3, -0.25) is 4.79 Å². The van der Waals surface area contributed by atoms with Crippen LogP contribution in [0.15, 0.2) is 58.0 Å². The van der Waals surface area contributed by atoms with E-state index < -0.39 is 9.84 Å². The summed E-state index contributed by atoms with van der Waals surface area (Å²) in [6.07, 6.45) is 3.87. The summed E-state index contributed by atoms with van der Waals surface area (Å²) in [7, 11) is -3.24. The summed E-state index contributed by atoms with van der Waals surface area (Å²) >= 11 is 0. The third kappa shape index (κ3) is 3.91. The first-order chi connectivity index (χ1) is 11.9. The molecule has 0 aliphatic heterocycles. The van der Waals surface area contributed by atoms with Gasteiger partial charge in [0.25, 0.3) is 0 Å². The Morgan fingerprint density at radius 2 is 1.84 bits per heavy atom. The minimum absolute atomic E-state index is 0.186. The number of hydrogen-bond acceptors (Lipinski definition) is 4. The Kier molecular flexibility index (Phi) is 4.63. The molecule has 0 atom stereocenters. The lowest BCUT2D eigenvalue weighted by molar-refractivity contribution is -0.115. The summed E-state index contributed by atoms with van der Waals surface area (Å²) in [5.74, 6) is -0.186. The van der Waals surface area contributed by atoms with Crippen molar-refractivity contribution in [2.45, 2.75) is 24.7 Å². The molecule has 5 nitrogen and oxygen atoms in total. The molecule has 1 heterocycles. The molecular formula is C19H19NO4S. The minimum atomic E-state index is -3.24. The number of anilines is 1. The van der Waals surface area contributed by atoms with Crippen LogP contribution < -0.4 is 5.32 Å². The Morgan fingerprint density at radius 1 is 1.12 bits per heavy atom. The van der Waals surface area contributed by atoms with Crippen LogP contribution in [0.3, 0.4) is 0 Å². The van der Waals surface area contributed by atoms with Crippen LogP contribution in [0.1, 0.15) is 18.1 Å². The van der Waals surface area contributed by atoms with Gasteiger partial charge in [-0.25, -0.2) is 8.42 Å². The number of fused-ring (bicyclic) bond motifs is 1. The fourth-order valence-electron chi connectivity index (χ4n) is 2.65. The molecule has 0 saturated carbocycles. The van der Waals surface area contributed by atoms with E-state index in [1.54, 1.807) is 18.4 Å². The first kappa shape index (κ1) is 17.2. The van der Waals surface area contributed by atoms with Gasteiger partial charge in [-0.2, -0.15) is 0 Å². The summed E-state index contributed by atoms with van der Waals surface area (Å²) in [6.45, 7) is 2.08. The van der Waals surface area contributed by atoms with E-state index in [-0.39, 0.29) is 17.2 Å². The smallest absolute Gasteiger partial charge is 0.228 e. The molecule has 0 fully saturated rings. The molecule has 0 bridgehead atoms. The second-order valence-corrected chi connectivity index (χ2v) is 7.98. The molecule has 1 amide bonds. The summed E-state index contributed by atoms with van der Waals surface area (Å²) in [6, 6.07) is 12.1. The van der Waals surface area contributed by atoms with E-state index in [1.807, 2.05) is 18.2 Å². The molecule has 6 heteroatoms. The molecule has 2 aromatic carbocycles. The number of amides is 1.